The van der Waals surface area contributed by atoms with Gasteiger partial charge in [-0.1, -0.05) is 30.0 Å². The number of para-hydroxylation sites is 1. The number of amides is 1. The molecule has 0 aliphatic rings. The quantitative estimate of drug-likeness (QED) is 0.397. The van der Waals surface area contributed by atoms with E-state index in [0.717, 1.165) is 11.3 Å². The van der Waals surface area contributed by atoms with Crippen molar-refractivity contribution in [2.24, 2.45) is 0 Å². The normalized spacial score (nSPS) is 10.6. The molecule has 1 aromatic heterocycles. The number of nitro groups is 1. The summed E-state index contributed by atoms with van der Waals surface area (Å²) in [6.45, 7) is 3.71. The highest BCUT2D eigenvalue weighted by atomic mass is 32.2. The molecule has 2 aromatic carbocycles. The van der Waals surface area contributed by atoms with Crippen LogP contribution in [0, 0.1) is 24.0 Å². The highest BCUT2D eigenvalue weighted by molar-refractivity contribution is 7.99. The lowest BCUT2D eigenvalue weighted by Crippen LogP contribution is -2.15. The predicted molar refractivity (Wildman–Crippen MR) is 103 cm³/mol. The van der Waals surface area contributed by atoms with Gasteiger partial charge >= 0.3 is 0 Å². The Balaban J connectivity index is 1.67. The fraction of sp³-hybridized carbons (Fsp3) is 0.167. The van der Waals surface area contributed by atoms with E-state index < -0.39 is 4.92 Å². The third-order valence-electron chi connectivity index (χ3n) is 3.92. The number of aromatic nitrogens is 3. The van der Waals surface area contributed by atoms with Crippen molar-refractivity contribution >= 4 is 29.0 Å². The molecule has 0 radical (unpaired) electrons. The Morgan fingerprint density at radius 2 is 2.00 bits per heavy atom. The Morgan fingerprint density at radius 3 is 2.70 bits per heavy atom. The Bertz CT molecular complexity index is 1000. The van der Waals surface area contributed by atoms with Gasteiger partial charge in [0.15, 0.2) is 5.16 Å². The van der Waals surface area contributed by atoms with E-state index in [4.69, 9.17) is 0 Å². The first kappa shape index (κ1) is 18.6. The van der Waals surface area contributed by atoms with Crippen molar-refractivity contribution in [3.8, 4) is 5.69 Å². The summed E-state index contributed by atoms with van der Waals surface area (Å²) in [6, 6.07) is 12.2. The molecule has 27 heavy (non-hydrogen) atoms. The topological polar surface area (TPSA) is 103 Å². The van der Waals surface area contributed by atoms with Gasteiger partial charge in [0.2, 0.25) is 5.91 Å². The minimum atomic E-state index is -0.465. The predicted octanol–water partition coefficient (Wildman–Crippen LogP) is 3.52. The Morgan fingerprint density at radius 1 is 1.22 bits per heavy atom. The van der Waals surface area contributed by atoms with E-state index in [1.165, 1.54) is 30.0 Å². The summed E-state index contributed by atoms with van der Waals surface area (Å²) in [5.74, 6) is -0.0858. The second kappa shape index (κ2) is 8.00. The molecule has 0 spiro atoms. The van der Waals surface area contributed by atoms with Gasteiger partial charge in [0.1, 0.15) is 6.33 Å². The molecule has 0 aliphatic carbocycles. The zero-order valence-electron chi connectivity index (χ0n) is 14.7. The lowest BCUT2D eigenvalue weighted by molar-refractivity contribution is -0.384. The summed E-state index contributed by atoms with van der Waals surface area (Å²) in [5, 5.41) is 22.2. The van der Waals surface area contributed by atoms with Crippen LogP contribution in [0.5, 0.6) is 0 Å². The highest BCUT2D eigenvalue weighted by Gasteiger charge is 2.13. The molecule has 0 unspecified atom stereocenters. The van der Waals surface area contributed by atoms with Crippen LogP contribution in [0.1, 0.15) is 11.1 Å². The third kappa shape index (κ3) is 4.32. The average Bonchev–Trinajstić information content (AvgIpc) is 3.10. The molecule has 0 bridgehead atoms. The lowest BCUT2D eigenvalue weighted by Gasteiger charge is -2.10. The molecule has 0 saturated carbocycles. The van der Waals surface area contributed by atoms with Crippen molar-refractivity contribution in [2.45, 2.75) is 19.0 Å². The fourth-order valence-corrected chi connectivity index (χ4v) is 3.26. The number of carbonyl (C=O) groups is 1. The van der Waals surface area contributed by atoms with E-state index in [1.54, 1.807) is 13.3 Å². The number of nitrogens with zero attached hydrogens (tertiary/aromatic N) is 4. The van der Waals surface area contributed by atoms with Crippen LogP contribution in [0.25, 0.3) is 5.69 Å². The van der Waals surface area contributed by atoms with Crippen LogP contribution in [0.4, 0.5) is 11.4 Å². The van der Waals surface area contributed by atoms with Crippen molar-refractivity contribution < 1.29 is 9.72 Å². The molecule has 0 atom stereocenters. The summed E-state index contributed by atoms with van der Waals surface area (Å²) >= 11 is 1.27. The van der Waals surface area contributed by atoms with Crippen LogP contribution >= 0.6 is 11.8 Å². The number of hydrogen-bond donors (Lipinski definition) is 1. The van der Waals surface area contributed by atoms with E-state index in [0.29, 0.717) is 16.4 Å². The minimum absolute atomic E-state index is 0.00814. The van der Waals surface area contributed by atoms with Crippen LogP contribution < -0.4 is 5.32 Å². The van der Waals surface area contributed by atoms with Gasteiger partial charge < -0.3 is 5.32 Å². The summed E-state index contributed by atoms with van der Waals surface area (Å²) in [4.78, 5) is 22.6. The standard InChI is InChI=1S/C18H17N5O3S/c1-12-5-3-4-6-16(12)22-11-19-21-18(22)27-10-17(24)20-15-8-7-14(23(25)26)9-13(15)2/h3-9,11H,10H2,1-2H3,(H,20,24). The van der Waals surface area contributed by atoms with Crippen molar-refractivity contribution in [3.63, 3.8) is 0 Å². The number of benzene rings is 2. The third-order valence-corrected chi connectivity index (χ3v) is 4.86. The SMILES string of the molecule is Cc1cc([N+](=O)[O-])ccc1NC(=O)CSc1nncn1-c1ccccc1C. The number of anilines is 1. The van der Waals surface area contributed by atoms with Gasteiger partial charge in [-0.3, -0.25) is 19.5 Å². The summed E-state index contributed by atoms with van der Waals surface area (Å²) < 4.78 is 1.84. The number of nitrogens with one attached hydrogen (secondary N) is 1. The largest absolute Gasteiger partial charge is 0.325 e. The van der Waals surface area contributed by atoms with Crippen LogP contribution in [0.15, 0.2) is 53.9 Å². The zero-order chi connectivity index (χ0) is 19.4. The molecule has 9 heteroatoms. The second-order valence-electron chi connectivity index (χ2n) is 5.86. The number of rotatable bonds is 6. The molecule has 1 amide bonds. The van der Waals surface area contributed by atoms with Crippen molar-refractivity contribution in [1.29, 1.82) is 0 Å². The second-order valence-corrected chi connectivity index (χ2v) is 6.81. The van der Waals surface area contributed by atoms with E-state index in [9.17, 15) is 14.9 Å². The highest BCUT2D eigenvalue weighted by Crippen LogP contribution is 2.24. The maximum Gasteiger partial charge on any atom is 0.269 e. The van der Waals surface area contributed by atoms with Crippen LogP contribution in [-0.4, -0.2) is 31.3 Å². The first-order valence-corrected chi connectivity index (χ1v) is 9.08. The Hall–Kier alpha value is -3.20. The maximum absolute atomic E-state index is 12.3. The zero-order valence-corrected chi connectivity index (χ0v) is 15.6. The van der Waals surface area contributed by atoms with Crippen molar-refractivity contribution in [2.75, 3.05) is 11.1 Å². The van der Waals surface area contributed by atoms with Crippen molar-refractivity contribution in [3.05, 3.63) is 70.0 Å². The summed E-state index contributed by atoms with van der Waals surface area (Å²) in [6.07, 6.45) is 1.61. The Kier molecular flexibility index (Phi) is 5.51. The van der Waals surface area contributed by atoms with Gasteiger partial charge in [-0.05, 0) is 37.1 Å². The molecule has 0 aliphatic heterocycles. The first-order chi connectivity index (χ1) is 13.0. The minimum Gasteiger partial charge on any atom is -0.325 e. The van der Waals surface area contributed by atoms with Crippen molar-refractivity contribution in [1.82, 2.24) is 14.8 Å². The average molecular weight is 383 g/mol. The smallest absolute Gasteiger partial charge is 0.269 e. The van der Waals surface area contributed by atoms with Gasteiger partial charge in [-0.15, -0.1) is 10.2 Å². The monoisotopic (exact) mass is 383 g/mol. The van der Waals surface area contributed by atoms with Crippen LogP contribution in [0.2, 0.25) is 0 Å². The molecular formula is C18H17N5O3S. The van der Waals surface area contributed by atoms with Crippen LogP contribution in [-0.2, 0) is 4.79 Å². The molecule has 138 valence electrons. The number of carbonyl (C=O) groups excluding carboxylic acids is 1. The molecule has 3 rings (SSSR count). The molecule has 8 nitrogen and oxygen atoms in total. The Labute approximate surface area is 159 Å². The first-order valence-electron chi connectivity index (χ1n) is 8.09. The van der Waals surface area contributed by atoms with E-state index in [2.05, 4.69) is 15.5 Å². The van der Waals surface area contributed by atoms with E-state index in [-0.39, 0.29) is 17.3 Å². The summed E-state index contributed by atoms with van der Waals surface area (Å²) in [7, 11) is 0. The van der Waals surface area contributed by atoms with Gasteiger partial charge in [-0.25, -0.2) is 0 Å². The lowest BCUT2D eigenvalue weighted by atomic mass is 10.2. The molecule has 0 fully saturated rings. The molecular weight excluding hydrogens is 366 g/mol. The number of hydrogen-bond acceptors (Lipinski definition) is 6. The van der Waals surface area contributed by atoms with E-state index >= 15 is 0 Å². The summed E-state index contributed by atoms with van der Waals surface area (Å²) in [5.41, 5.74) is 3.20. The maximum atomic E-state index is 12.3. The molecule has 3 aromatic rings. The fourth-order valence-electron chi connectivity index (χ4n) is 2.54. The molecule has 1 heterocycles. The number of nitro benzene ring substituents is 1. The van der Waals surface area contributed by atoms with E-state index in [1.807, 2.05) is 35.8 Å². The number of aryl methyl sites for hydroxylation is 2. The van der Waals surface area contributed by atoms with Gasteiger partial charge in [0.25, 0.3) is 5.69 Å². The molecule has 1 N–H and O–H groups in total. The van der Waals surface area contributed by atoms with Gasteiger partial charge in [0.05, 0.1) is 16.4 Å². The van der Waals surface area contributed by atoms with Crippen LogP contribution in [0.3, 0.4) is 0 Å². The number of non-ortho nitro benzene ring substituents is 1. The van der Waals surface area contributed by atoms with Gasteiger partial charge in [0, 0.05) is 17.8 Å². The van der Waals surface area contributed by atoms with Gasteiger partial charge in [-0.2, -0.15) is 0 Å². The molecule has 0 saturated heterocycles. The number of thioether (sulfide) groups is 1.